The highest BCUT2D eigenvalue weighted by Crippen LogP contribution is 2.24. The molecule has 0 unspecified atom stereocenters. The minimum atomic E-state index is -0.00693. The van der Waals surface area contributed by atoms with Gasteiger partial charge in [-0.25, -0.2) is 0 Å². The summed E-state index contributed by atoms with van der Waals surface area (Å²) in [5.41, 5.74) is 4.28. The molecular formula is C19H20N2OS. The van der Waals surface area contributed by atoms with Gasteiger partial charge < -0.3 is 15.1 Å². The van der Waals surface area contributed by atoms with Crippen LogP contribution in [0.2, 0.25) is 0 Å². The predicted molar refractivity (Wildman–Crippen MR) is 99.9 cm³/mol. The fourth-order valence-corrected chi connectivity index (χ4v) is 2.80. The van der Waals surface area contributed by atoms with Crippen LogP contribution < -0.4 is 10.6 Å². The van der Waals surface area contributed by atoms with Gasteiger partial charge in [-0.05, 0) is 62.3 Å². The fraction of sp³-hybridized carbons (Fsp3) is 0.211. The van der Waals surface area contributed by atoms with Crippen molar-refractivity contribution in [1.82, 2.24) is 5.32 Å². The van der Waals surface area contributed by atoms with Crippen molar-refractivity contribution in [3.63, 3.8) is 0 Å². The minimum Gasteiger partial charge on any atom is -0.459 e. The zero-order valence-electron chi connectivity index (χ0n) is 13.5. The summed E-state index contributed by atoms with van der Waals surface area (Å²) in [4.78, 5) is 0. The molecule has 4 heteroatoms. The second-order valence-electron chi connectivity index (χ2n) is 5.83. The van der Waals surface area contributed by atoms with E-state index in [9.17, 15) is 0 Å². The van der Waals surface area contributed by atoms with E-state index in [0.717, 1.165) is 28.0 Å². The van der Waals surface area contributed by atoms with Crippen molar-refractivity contribution in [2.45, 2.75) is 26.8 Å². The zero-order chi connectivity index (χ0) is 16.4. The molecular weight excluding hydrogens is 304 g/mol. The van der Waals surface area contributed by atoms with Gasteiger partial charge in [0.2, 0.25) is 0 Å². The molecule has 2 N–H and O–H groups in total. The molecule has 0 aliphatic rings. The molecule has 1 aromatic heterocycles. The van der Waals surface area contributed by atoms with Crippen LogP contribution in [0.15, 0.2) is 52.9 Å². The summed E-state index contributed by atoms with van der Waals surface area (Å²) in [6.45, 7) is 6.17. The maximum absolute atomic E-state index is 5.87. The Bertz CT molecular complexity index is 820. The number of hydrogen-bond donors (Lipinski definition) is 2. The van der Waals surface area contributed by atoms with Gasteiger partial charge in [-0.1, -0.05) is 30.3 Å². The molecule has 0 spiro atoms. The van der Waals surface area contributed by atoms with Crippen LogP contribution in [0.5, 0.6) is 0 Å². The van der Waals surface area contributed by atoms with Gasteiger partial charge in [-0.15, -0.1) is 0 Å². The van der Waals surface area contributed by atoms with Gasteiger partial charge in [0.25, 0.3) is 0 Å². The van der Waals surface area contributed by atoms with Gasteiger partial charge >= 0.3 is 0 Å². The third kappa shape index (κ3) is 3.54. The van der Waals surface area contributed by atoms with E-state index in [1.54, 1.807) is 0 Å². The van der Waals surface area contributed by atoms with Crippen molar-refractivity contribution < 1.29 is 4.42 Å². The van der Waals surface area contributed by atoms with Crippen molar-refractivity contribution in [3.05, 3.63) is 65.4 Å². The second kappa shape index (κ2) is 6.42. The quantitative estimate of drug-likeness (QED) is 0.658. The Balaban J connectivity index is 1.70. The average molecular weight is 324 g/mol. The summed E-state index contributed by atoms with van der Waals surface area (Å²) < 4.78 is 5.87. The molecule has 118 valence electrons. The molecule has 1 atom stereocenters. The summed E-state index contributed by atoms with van der Waals surface area (Å²) in [5, 5.41) is 8.23. The molecule has 3 nitrogen and oxygen atoms in total. The fourth-order valence-electron chi connectivity index (χ4n) is 2.51. The van der Waals surface area contributed by atoms with Crippen molar-refractivity contribution in [2.75, 3.05) is 5.32 Å². The first-order valence-electron chi connectivity index (χ1n) is 7.66. The summed E-state index contributed by atoms with van der Waals surface area (Å²) in [6, 6.07) is 16.3. The standard InChI is InChI=1S/C19H20N2OS/c1-12-8-9-13(2)16(10-12)21-19(23)20-14(3)18-11-15-6-4-5-7-17(15)22-18/h4-11,14H,1-3H3,(H2,20,21,23)/t14-/m0/s1. The van der Waals surface area contributed by atoms with E-state index >= 15 is 0 Å². The predicted octanol–water partition coefficient (Wildman–Crippen LogP) is 5.10. The lowest BCUT2D eigenvalue weighted by Gasteiger charge is -2.16. The number of anilines is 1. The lowest BCUT2D eigenvalue weighted by molar-refractivity contribution is 0.493. The van der Waals surface area contributed by atoms with E-state index in [2.05, 4.69) is 42.7 Å². The largest absolute Gasteiger partial charge is 0.459 e. The lowest BCUT2D eigenvalue weighted by Crippen LogP contribution is -2.31. The number of hydrogen-bond acceptors (Lipinski definition) is 2. The molecule has 23 heavy (non-hydrogen) atoms. The van der Waals surface area contributed by atoms with E-state index in [1.807, 2.05) is 37.3 Å². The first kappa shape index (κ1) is 15.6. The van der Waals surface area contributed by atoms with Gasteiger partial charge in [0.05, 0.1) is 6.04 Å². The molecule has 0 saturated carbocycles. The number of thiocarbonyl (C=S) groups is 1. The van der Waals surface area contributed by atoms with Crippen LogP contribution in [-0.2, 0) is 0 Å². The minimum absolute atomic E-state index is 0.00693. The summed E-state index contributed by atoms with van der Waals surface area (Å²) in [5.74, 6) is 0.872. The Morgan fingerprint density at radius 2 is 1.87 bits per heavy atom. The van der Waals surface area contributed by atoms with Gasteiger partial charge in [-0.3, -0.25) is 0 Å². The topological polar surface area (TPSA) is 37.2 Å². The third-order valence-electron chi connectivity index (χ3n) is 3.86. The van der Waals surface area contributed by atoms with Gasteiger partial charge in [0.15, 0.2) is 5.11 Å². The molecule has 0 aliphatic carbocycles. The van der Waals surface area contributed by atoms with E-state index < -0.39 is 0 Å². The van der Waals surface area contributed by atoms with Crippen molar-refractivity contribution in [1.29, 1.82) is 0 Å². The number of benzene rings is 2. The molecule has 0 aliphatic heterocycles. The van der Waals surface area contributed by atoms with Crippen molar-refractivity contribution >= 4 is 34.0 Å². The summed E-state index contributed by atoms with van der Waals surface area (Å²) >= 11 is 5.43. The maximum Gasteiger partial charge on any atom is 0.171 e. The SMILES string of the molecule is Cc1ccc(C)c(NC(=S)N[C@@H](C)c2cc3ccccc3o2)c1. The van der Waals surface area contributed by atoms with E-state index in [4.69, 9.17) is 16.6 Å². The van der Waals surface area contributed by atoms with Crippen molar-refractivity contribution in [3.8, 4) is 0 Å². The number of rotatable bonds is 3. The summed E-state index contributed by atoms with van der Waals surface area (Å²) in [7, 11) is 0. The monoisotopic (exact) mass is 324 g/mol. The first-order valence-corrected chi connectivity index (χ1v) is 8.07. The maximum atomic E-state index is 5.87. The average Bonchev–Trinajstić information content (AvgIpc) is 2.95. The van der Waals surface area contributed by atoms with E-state index in [1.165, 1.54) is 5.56 Å². The second-order valence-corrected chi connectivity index (χ2v) is 6.23. The number of furan rings is 1. The Morgan fingerprint density at radius 1 is 1.09 bits per heavy atom. The van der Waals surface area contributed by atoms with E-state index in [-0.39, 0.29) is 6.04 Å². The molecule has 0 bridgehead atoms. The third-order valence-corrected chi connectivity index (χ3v) is 4.08. The van der Waals surface area contributed by atoms with Crippen LogP contribution in [0.3, 0.4) is 0 Å². The van der Waals surface area contributed by atoms with Gasteiger partial charge in [-0.2, -0.15) is 0 Å². The summed E-state index contributed by atoms with van der Waals surface area (Å²) in [6.07, 6.45) is 0. The van der Waals surface area contributed by atoms with Crippen LogP contribution in [0, 0.1) is 13.8 Å². The molecule has 0 fully saturated rings. The number of nitrogens with one attached hydrogen (secondary N) is 2. The highest BCUT2D eigenvalue weighted by Gasteiger charge is 2.13. The first-order chi connectivity index (χ1) is 11.0. The van der Waals surface area contributed by atoms with Crippen LogP contribution in [0.25, 0.3) is 11.0 Å². The molecule has 1 heterocycles. The normalized spacial score (nSPS) is 12.1. The Labute approximate surface area is 141 Å². The van der Waals surface area contributed by atoms with Crippen LogP contribution in [0.4, 0.5) is 5.69 Å². The van der Waals surface area contributed by atoms with E-state index in [0.29, 0.717) is 5.11 Å². The number of para-hydroxylation sites is 1. The zero-order valence-corrected chi connectivity index (χ0v) is 14.3. The molecule has 2 aromatic carbocycles. The van der Waals surface area contributed by atoms with Crippen LogP contribution >= 0.6 is 12.2 Å². The molecule has 3 aromatic rings. The van der Waals surface area contributed by atoms with Crippen LogP contribution in [-0.4, -0.2) is 5.11 Å². The Kier molecular flexibility index (Phi) is 4.35. The molecule has 0 saturated heterocycles. The van der Waals surface area contributed by atoms with Gasteiger partial charge in [0, 0.05) is 11.1 Å². The van der Waals surface area contributed by atoms with Crippen LogP contribution in [0.1, 0.15) is 29.9 Å². The highest BCUT2D eigenvalue weighted by atomic mass is 32.1. The Morgan fingerprint density at radius 3 is 2.65 bits per heavy atom. The lowest BCUT2D eigenvalue weighted by atomic mass is 10.1. The molecule has 0 radical (unpaired) electrons. The smallest absolute Gasteiger partial charge is 0.171 e. The molecule has 3 rings (SSSR count). The number of fused-ring (bicyclic) bond motifs is 1. The van der Waals surface area contributed by atoms with Crippen molar-refractivity contribution in [2.24, 2.45) is 0 Å². The number of aryl methyl sites for hydroxylation is 2. The Hall–Kier alpha value is -2.33. The van der Waals surface area contributed by atoms with Gasteiger partial charge in [0.1, 0.15) is 11.3 Å². The molecule has 0 amide bonds. The highest BCUT2D eigenvalue weighted by molar-refractivity contribution is 7.80.